The molecule has 94 valence electrons. The van der Waals surface area contributed by atoms with E-state index in [1.54, 1.807) is 12.1 Å². The summed E-state index contributed by atoms with van der Waals surface area (Å²) in [5.74, 6) is 0. The minimum atomic E-state index is -2.40. The van der Waals surface area contributed by atoms with Gasteiger partial charge in [-0.3, -0.25) is 9.88 Å². The van der Waals surface area contributed by atoms with Gasteiger partial charge in [0, 0.05) is 31.9 Å². The van der Waals surface area contributed by atoms with Crippen molar-refractivity contribution in [3.8, 4) is 0 Å². The van der Waals surface area contributed by atoms with Crippen LogP contribution in [-0.2, 0) is 0 Å². The van der Waals surface area contributed by atoms with Gasteiger partial charge in [-0.1, -0.05) is 6.07 Å². The lowest BCUT2D eigenvalue weighted by atomic mass is 10.1. The summed E-state index contributed by atoms with van der Waals surface area (Å²) in [5, 5.41) is 3.16. The number of halogens is 2. The van der Waals surface area contributed by atoms with Crippen molar-refractivity contribution in [2.45, 2.75) is 19.4 Å². The Morgan fingerprint density at radius 3 is 2.59 bits per heavy atom. The average Bonchev–Trinajstić information content (AvgIpc) is 2.30. The quantitative estimate of drug-likeness (QED) is 0.871. The van der Waals surface area contributed by atoms with Crippen LogP contribution in [-0.4, -0.2) is 42.5 Å². The molecule has 1 aliphatic heterocycles. The Hall–Kier alpha value is -1.07. The van der Waals surface area contributed by atoms with Crippen molar-refractivity contribution in [2.75, 3.05) is 26.2 Å². The molecule has 1 fully saturated rings. The largest absolute Gasteiger partial charge is 0.314 e. The van der Waals surface area contributed by atoms with Gasteiger partial charge in [-0.15, -0.1) is 0 Å². The second-order valence-corrected chi connectivity index (χ2v) is 4.27. The SMILES string of the molecule is Cc1cccc([C@H](C(F)F)N2CCNCC2)n1. The smallest absolute Gasteiger partial charge is 0.259 e. The van der Waals surface area contributed by atoms with Gasteiger partial charge in [0.2, 0.25) is 0 Å². The molecule has 2 heterocycles. The number of rotatable bonds is 3. The van der Waals surface area contributed by atoms with E-state index >= 15 is 0 Å². The predicted octanol–water partition coefficient (Wildman–Crippen LogP) is 1.60. The van der Waals surface area contributed by atoms with E-state index in [-0.39, 0.29) is 0 Å². The molecular formula is C12H17F2N3. The maximum Gasteiger partial charge on any atom is 0.259 e. The van der Waals surface area contributed by atoms with E-state index in [9.17, 15) is 8.78 Å². The zero-order valence-electron chi connectivity index (χ0n) is 9.87. The van der Waals surface area contributed by atoms with E-state index in [1.807, 2.05) is 17.9 Å². The number of hydrogen-bond donors (Lipinski definition) is 1. The van der Waals surface area contributed by atoms with Crippen molar-refractivity contribution in [3.63, 3.8) is 0 Å². The first-order valence-corrected chi connectivity index (χ1v) is 5.85. The molecule has 1 atom stereocenters. The van der Waals surface area contributed by atoms with E-state index in [2.05, 4.69) is 10.3 Å². The molecule has 0 unspecified atom stereocenters. The fourth-order valence-corrected chi connectivity index (χ4v) is 2.16. The lowest BCUT2D eigenvalue weighted by molar-refractivity contribution is 0.0160. The number of hydrogen-bond acceptors (Lipinski definition) is 3. The van der Waals surface area contributed by atoms with Gasteiger partial charge in [-0.05, 0) is 19.1 Å². The van der Waals surface area contributed by atoms with Crippen LogP contribution in [0.1, 0.15) is 17.4 Å². The molecule has 1 aliphatic rings. The molecule has 0 aromatic carbocycles. The highest BCUT2D eigenvalue weighted by Gasteiger charge is 2.31. The summed E-state index contributed by atoms with van der Waals surface area (Å²) in [6.07, 6.45) is -2.40. The van der Waals surface area contributed by atoms with E-state index in [0.717, 1.165) is 18.8 Å². The predicted molar refractivity (Wildman–Crippen MR) is 62.2 cm³/mol. The van der Waals surface area contributed by atoms with E-state index < -0.39 is 12.5 Å². The summed E-state index contributed by atoms with van der Waals surface area (Å²) in [7, 11) is 0. The van der Waals surface area contributed by atoms with Crippen LogP contribution in [0.25, 0.3) is 0 Å². The van der Waals surface area contributed by atoms with Crippen LogP contribution in [0, 0.1) is 6.92 Å². The zero-order chi connectivity index (χ0) is 12.3. The first-order chi connectivity index (χ1) is 8.18. The standard InChI is InChI=1S/C12H17F2N3/c1-9-3-2-4-10(16-9)11(12(13)14)17-7-5-15-6-8-17/h2-4,11-12,15H,5-8H2,1H3/t11-/m1/s1. The lowest BCUT2D eigenvalue weighted by Gasteiger charge is -2.34. The summed E-state index contributed by atoms with van der Waals surface area (Å²) in [5.41, 5.74) is 1.25. The van der Waals surface area contributed by atoms with Crippen LogP contribution < -0.4 is 5.32 Å². The topological polar surface area (TPSA) is 28.2 Å². The third-order valence-electron chi connectivity index (χ3n) is 3.00. The van der Waals surface area contributed by atoms with E-state index in [4.69, 9.17) is 0 Å². The molecule has 3 nitrogen and oxygen atoms in total. The molecule has 0 bridgehead atoms. The summed E-state index contributed by atoms with van der Waals surface area (Å²) in [6.45, 7) is 4.63. The Balaban J connectivity index is 2.21. The highest BCUT2D eigenvalue weighted by molar-refractivity contribution is 5.14. The fraction of sp³-hybridized carbons (Fsp3) is 0.583. The number of alkyl halides is 2. The average molecular weight is 241 g/mol. The fourth-order valence-electron chi connectivity index (χ4n) is 2.16. The van der Waals surface area contributed by atoms with Crippen LogP contribution in [0.3, 0.4) is 0 Å². The summed E-state index contributed by atoms with van der Waals surface area (Å²) in [6, 6.07) is 4.42. The first kappa shape index (κ1) is 12.4. The number of piperazine rings is 1. The minimum absolute atomic E-state index is 0.474. The third kappa shape index (κ3) is 2.98. The van der Waals surface area contributed by atoms with Crippen LogP contribution in [0.5, 0.6) is 0 Å². The summed E-state index contributed by atoms with van der Waals surface area (Å²) < 4.78 is 26.4. The molecule has 0 aliphatic carbocycles. The first-order valence-electron chi connectivity index (χ1n) is 5.85. The van der Waals surface area contributed by atoms with Crippen molar-refractivity contribution in [2.24, 2.45) is 0 Å². The molecular weight excluding hydrogens is 224 g/mol. The van der Waals surface area contributed by atoms with E-state index in [1.165, 1.54) is 0 Å². The van der Waals surface area contributed by atoms with Crippen molar-refractivity contribution in [1.29, 1.82) is 0 Å². The van der Waals surface area contributed by atoms with E-state index in [0.29, 0.717) is 18.8 Å². The normalized spacial score (nSPS) is 19.5. The minimum Gasteiger partial charge on any atom is -0.314 e. The number of pyridine rings is 1. The van der Waals surface area contributed by atoms with Gasteiger partial charge in [0.25, 0.3) is 6.43 Å². The number of nitrogens with one attached hydrogen (secondary N) is 1. The van der Waals surface area contributed by atoms with Gasteiger partial charge in [0.15, 0.2) is 0 Å². The molecule has 1 aromatic rings. The molecule has 5 heteroatoms. The number of aryl methyl sites for hydroxylation is 1. The van der Waals surface area contributed by atoms with Gasteiger partial charge in [0.1, 0.15) is 6.04 Å². The maximum atomic E-state index is 13.2. The Morgan fingerprint density at radius 2 is 2.00 bits per heavy atom. The zero-order valence-corrected chi connectivity index (χ0v) is 9.87. The lowest BCUT2D eigenvalue weighted by Crippen LogP contribution is -2.47. The Morgan fingerprint density at radius 1 is 1.29 bits per heavy atom. The van der Waals surface area contributed by atoms with Crippen molar-refractivity contribution < 1.29 is 8.78 Å². The number of nitrogens with zero attached hydrogens (tertiary/aromatic N) is 2. The molecule has 0 amide bonds. The monoisotopic (exact) mass is 241 g/mol. The molecule has 1 aromatic heterocycles. The third-order valence-corrected chi connectivity index (χ3v) is 3.00. The van der Waals surface area contributed by atoms with Crippen LogP contribution in [0.4, 0.5) is 8.78 Å². The Bertz CT molecular complexity index is 365. The Labute approximate surface area is 99.8 Å². The van der Waals surface area contributed by atoms with Crippen molar-refractivity contribution in [3.05, 3.63) is 29.6 Å². The molecule has 1 N–H and O–H groups in total. The van der Waals surface area contributed by atoms with Crippen molar-refractivity contribution >= 4 is 0 Å². The maximum absolute atomic E-state index is 13.2. The summed E-state index contributed by atoms with van der Waals surface area (Å²) in [4.78, 5) is 6.04. The van der Waals surface area contributed by atoms with Gasteiger partial charge in [-0.25, -0.2) is 8.78 Å². The van der Waals surface area contributed by atoms with Crippen LogP contribution >= 0.6 is 0 Å². The second-order valence-electron chi connectivity index (χ2n) is 4.27. The highest BCUT2D eigenvalue weighted by atomic mass is 19.3. The van der Waals surface area contributed by atoms with Gasteiger partial charge in [-0.2, -0.15) is 0 Å². The highest BCUT2D eigenvalue weighted by Crippen LogP contribution is 2.26. The van der Waals surface area contributed by atoms with Crippen LogP contribution in [0.15, 0.2) is 18.2 Å². The van der Waals surface area contributed by atoms with Gasteiger partial charge in [0.05, 0.1) is 5.69 Å². The van der Waals surface area contributed by atoms with Gasteiger partial charge < -0.3 is 5.32 Å². The Kier molecular flexibility index (Phi) is 4.02. The van der Waals surface area contributed by atoms with Crippen LogP contribution in [0.2, 0.25) is 0 Å². The second kappa shape index (κ2) is 5.51. The number of aromatic nitrogens is 1. The molecule has 0 spiro atoms. The molecule has 0 saturated carbocycles. The van der Waals surface area contributed by atoms with Gasteiger partial charge >= 0.3 is 0 Å². The molecule has 17 heavy (non-hydrogen) atoms. The molecule has 2 rings (SSSR count). The molecule has 1 saturated heterocycles. The summed E-state index contributed by atoms with van der Waals surface area (Å²) >= 11 is 0. The van der Waals surface area contributed by atoms with Crippen molar-refractivity contribution in [1.82, 2.24) is 15.2 Å². The molecule has 0 radical (unpaired) electrons.